The highest BCUT2D eigenvalue weighted by molar-refractivity contribution is 7.89. The molecular weight excluding hydrogens is 406 g/mol. The SMILES string of the molecule is CC(=O)NC(CC(=O)Nc1cccc(S(=O)(=O)N2CCOCC2)c1)c1ccccc1. The number of ether oxygens (including phenoxy) is 1. The first-order valence-corrected chi connectivity index (χ1v) is 11.1. The van der Waals surface area contributed by atoms with Crippen LogP contribution < -0.4 is 10.6 Å². The molecule has 1 atom stereocenters. The minimum absolute atomic E-state index is 0.0179. The Kier molecular flexibility index (Phi) is 7.20. The maximum Gasteiger partial charge on any atom is 0.243 e. The van der Waals surface area contributed by atoms with Crippen molar-refractivity contribution in [3.8, 4) is 0 Å². The van der Waals surface area contributed by atoms with Crippen molar-refractivity contribution in [2.75, 3.05) is 31.6 Å². The Morgan fingerprint density at radius 3 is 2.43 bits per heavy atom. The van der Waals surface area contributed by atoms with Gasteiger partial charge in [-0.2, -0.15) is 4.31 Å². The molecular formula is C21H25N3O5S. The van der Waals surface area contributed by atoms with E-state index in [0.29, 0.717) is 32.0 Å². The summed E-state index contributed by atoms with van der Waals surface area (Å²) in [7, 11) is -3.66. The molecule has 0 aromatic heterocycles. The molecule has 0 aliphatic carbocycles. The van der Waals surface area contributed by atoms with Crippen molar-refractivity contribution in [2.45, 2.75) is 24.3 Å². The summed E-state index contributed by atoms with van der Waals surface area (Å²) in [5, 5.41) is 5.51. The van der Waals surface area contributed by atoms with Crippen molar-refractivity contribution < 1.29 is 22.7 Å². The van der Waals surface area contributed by atoms with Crippen molar-refractivity contribution >= 4 is 27.5 Å². The summed E-state index contributed by atoms with van der Waals surface area (Å²) in [6.07, 6.45) is 0.0179. The number of anilines is 1. The highest BCUT2D eigenvalue weighted by Gasteiger charge is 2.26. The molecule has 2 N–H and O–H groups in total. The molecule has 1 saturated heterocycles. The quantitative estimate of drug-likeness (QED) is 0.697. The van der Waals surface area contributed by atoms with Gasteiger partial charge in [0, 0.05) is 25.7 Å². The van der Waals surface area contributed by atoms with Crippen LogP contribution in [0.15, 0.2) is 59.5 Å². The summed E-state index contributed by atoms with van der Waals surface area (Å²) in [4.78, 5) is 24.3. The number of carbonyl (C=O) groups is 2. The number of nitrogens with zero attached hydrogens (tertiary/aromatic N) is 1. The number of morpholine rings is 1. The fraction of sp³-hybridized carbons (Fsp3) is 0.333. The van der Waals surface area contributed by atoms with Gasteiger partial charge in [-0.25, -0.2) is 8.42 Å². The number of sulfonamides is 1. The predicted octanol–water partition coefficient (Wildman–Crippen LogP) is 1.91. The van der Waals surface area contributed by atoms with Crippen LogP contribution in [0.4, 0.5) is 5.69 Å². The monoisotopic (exact) mass is 431 g/mol. The zero-order valence-electron chi connectivity index (χ0n) is 16.7. The fourth-order valence-corrected chi connectivity index (χ4v) is 4.71. The lowest BCUT2D eigenvalue weighted by Crippen LogP contribution is -2.40. The zero-order valence-corrected chi connectivity index (χ0v) is 17.5. The molecule has 8 nitrogen and oxygen atoms in total. The van der Waals surface area contributed by atoms with E-state index >= 15 is 0 Å². The Labute approximate surface area is 176 Å². The topological polar surface area (TPSA) is 105 Å². The van der Waals surface area contributed by atoms with Gasteiger partial charge >= 0.3 is 0 Å². The number of rotatable bonds is 7. The van der Waals surface area contributed by atoms with E-state index in [9.17, 15) is 18.0 Å². The number of hydrogen-bond donors (Lipinski definition) is 2. The predicted molar refractivity (Wildman–Crippen MR) is 112 cm³/mol. The van der Waals surface area contributed by atoms with E-state index in [0.717, 1.165) is 5.56 Å². The second kappa shape index (κ2) is 9.84. The average molecular weight is 432 g/mol. The fourth-order valence-electron chi connectivity index (χ4n) is 3.25. The molecule has 2 aromatic carbocycles. The van der Waals surface area contributed by atoms with Crippen molar-refractivity contribution in [1.29, 1.82) is 0 Å². The van der Waals surface area contributed by atoms with Gasteiger partial charge in [-0.05, 0) is 23.8 Å². The van der Waals surface area contributed by atoms with Crippen LogP contribution in [-0.2, 0) is 24.3 Å². The molecule has 9 heteroatoms. The third-order valence-electron chi connectivity index (χ3n) is 4.69. The molecule has 2 aromatic rings. The van der Waals surface area contributed by atoms with Crippen LogP contribution >= 0.6 is 0 Å². The van der Waals surface area contributed by atoms with Crippen LogP contribution in [0.5, 0.6) is 0 Å². The molecule has 0 bridgehead atoms. The first-order valence-electron chi connectivity index (χ1n) is 9.66. The third-order valence-corrected chi connectivity index (χ3v) is 6.59. The highest BCUT2D eigenvalue weighted by atomic mass is 32.2. The lowest BCUT2D eigenvalue weighted by Gasteiger charge is -2.26. The van der Waals surface area contributed by atoms with Gasteiger partial charge in [0.2, 0.25) is 21.8 Å². The average Bonchev–Trinajstić information content (AvgIpc) is 2.74. The van der Waals surface area contributed by atoms with E-state index in [2.05, 4.69) is 10.6 Å². The Balaban J connectivity index is 1.72. The molecule has 1 heterocycles. The molecule has 0 radical (unpaired) electrons. The summed E-state index contributed by atoms with van der Waals surface area (Å²) in [5.74, 6) is -0.575. The van der Waals surface area contributed by atoms with E-state index in [1.165, 1.54) is 23.4 Å². The van der Waals surface area contributed by atoms with Crippen LogP contribution in [0.1, 0.15) is 24.9 Å². The number of benzene rings is 2. The Bertz CT molecular complexity index is 989. The summed E-state index contributed by atoms with van der Waals surface area (Å²) < 4.78 is 32.2. The van der Waals surface area contributed by atoms with Crippen molar-refractivity contribution in [2.24, 2.45) is 0 Å². The standard InChI is InChI=1S/C21H25N3O5S/c1-16(25)22-20(17-6-3-2-4-7-17)15-21(26)23-18-8-5-9-19(14-18)30(27,28)24-10-12-29-13-11-24/h2-9,14,20H,10-13,15H2,1H3,(H,22,25)(H,23,26). The number of hydrogen-bond acceptors (Lipinski definition) is 5. The molecule has 0 saturated carbocycles. The van der Waals surface area contributed by atoms with E-state index in [4.69, 9.17) is 4.74 Å². The maximum atomic E-state index is 12.8. The first-order chi connectivity index (χ1) is 14.4. The Morgan fingerprint density at radius 2 is 1.77 bits per heavy atom. The van der Waals surface area contributed by atoms with Crippen LogP contribution in [0.2, 0.25) is 0 Å². The van der Waals surface area contributed by atoms with Gasteiger partial charge in [-0.3, -0.25) is 9.59 Å². The molecule has 30 heavy (non-hydrogen) atoms. The lowest BCUT2D eigenvalue weighted by molar-refractivity contribution is -0.120. The van der Waals surface area contributed by atoms with E-state index in [1.807, 2.05) is 30.3 Å². The molecule has 1 aliphatic heterocycles. The van der Waals surface area contributed by atoms with Crippen molar-refractivity contribution in [3.05, 3.63) is 60.2 Å². The van der Waals surface area contributed by atoms with E-state index in [-0.39, 0.29) is 23.1 Å². The Morgan fingerprint density at radius 1 is 1.07 bits per heavy atom. The minimum atomic E-state index is -3.66. The van der Waals surface area contributed by atoms with E-state index < -0.39 is 16.1 Å². The van der Waals surface area contributed by atoms with Gasteiger partial charge in [-0.15, -0.1) is 0 Å². The first kappa shape index (κ1) is 21.9. The summed E-state index contributed by atoms with van der Waals surface area (Å²) in [5.41, 5.74) is 1.19. The molecule has 1 aliphatic rings. The normalized spacial score (nSPS) is 15.9. The third kappa shape index (κ3) is 5.65. The van der Waals surface area contributed by atoms with Gasteiger partial charge in [0.05, 0.1) is 30.6 Å². The van der Waals surface area contributed by atoms with Crippen LogP contribution in [-0.4, -0.2) is 50.8 Å². The van der Waals surface area contributed by atoms with Gasteiger partial charge in [0.15, 0.2) is 0 Å². The molecule has 2 amide bonds. The number of amides is 2. The smallest absolute Gasteiger partial charge is 0.243 e. The van der Waals surface area contributed by atoms with Crippen LogP contribution in [0.3, 0.4) is 0 Å². The van der Waals surface area contributed by atoms with Crippen molar-refractivity contribution in [3.63, 3.8) is 0 Å². The second-order valence-electron chi connectivity index (χ2n) is 6.96. The zero-order chi connectivity index (χ0) is 21.6. The summed E-state index contributed by atoms with van der Waals surface area (Å²) in [6, 6.07) is 14.9. The van der Waals surface area contributed by atoms with Crippen molar-refractivity contribution in [1.82, 2.24) is 9.62 Å². The summed E-state index contributed by atoms with van der Waals surface area (Å²) in [6.45, 7) is 2.72. The van der Waals surface area contributed by atoms with Crippen LogP contribution in [0, 0.1) is 0 Å². The van der Waals surface area contributed by atoms with E-state index in [1.54, 1.807) is 12.1 Å². The van der Waals surface area contributed by atoms with Gasteiger partial charge in [0.1, 0.15) is 0 Å². The molecule has 3 rings (SSSR count). The van der Waals surface area contributed by atoms with Gasteiger partial charge in [-0.1, -0.05) is 36.4 Å². The number of nitrogens with one attached hydrogen (secondary N) is 2. The minimum Gasteiger partial charge on any atom is -0.379 e. The number of carbonyl (C=O) groups excluding carboxylic acids is 2. The second-order valence-corrected chi connectivity index (χ2v) is 8.90. The molecule has 160 valence electrons. The Hall–Kier alpha value is -2.75. The van der Waals surface area contributed by atoms with Crippen LogP contribution in [0.25, 0.3) is 0 Å². The largest absolute Gasteiger partial charge is 0.379 e. The van der Waals surface area contributed by atoms with Gasteiger partial charge in [0.25, 0.3) is 0 Å². The lowest BCUT2D eigenvalue weighted by atomic mass is 10.0. The van der Waals surface area contributed by atoms with Gasteiger partial charge < -0.3 is 15.4 Å². The maximum absolute atomic E-state index is 12.8. The molecule has 1 unspecified atom stereocenters. The summed E-state index contributed by atoms with van der Waals surface area (Å²) >= 11 is 0. The molecule has 0 spiro atoms. The molecule has 1 fully saturated rings. The highest BCUT2D eigenvalue weighted by Crippen LogP contribution is 2.22.